The third-order valence-electron chi connectivity index (χ3n) is 1.91. The van der Waals surface area contributed by atoms with E-state index in [0.29, 0.717) is 0 Å². The van der Waals surface area contributed by atoms with Crippen molar-refractivity contribution in [3.63, 3.8) is 0 Å². The third kappa shape index (κ3) is 7.52. The fraction of sp³-hybridized carbons (Fsp3) is 0.846. The fourth-order valence-corrected chi connectivity index (χ4v) is 1.69. The lowest BCUT2D eigenvalue weighted by Crippen LogP contribution is -2.43. The van der Waals surface area contributed by atoms with E-state index in [4.69, 9.17) is 15.2 Å². The largest absolute Gasteiger partial charge is 0.459 e. The Bertz CT molecular complexity index is 303. The Kier molecular flexibility index (Phi) is 6.48. The van der Waals surface area contributed by atoms with Gasteiger partial charge in [0.1, 0.15) is 11.2 Å². The molecular weight excluding hydrogens is 314 g/mol. The van der Waals surface area contributed by atoms with Crippen LogP contribution < -0.4 is 5.73 Å². The molecule has 0 aromatic heterocycles. The topological polar surface area (TPSA) is 78.6 Å². The lowest BCUT2D eigenvalue weighted by molar-refractivity contribution is -0.174. The van der Waals surface area contributed by atoms with Gasteiger partial charge in [-0.25, -0.2) is 0 Å². The van der Waals surface area contributed by atoms with E-state index in [1.54, 1.807) is 41.5 Å². The first kappa shape index (κ1) is 18.4. The number of hydrogen-bond donors (Lipinski definition) is 1. The monoisotopic (exact) mass is 337 g/mol. The molecule has 6 heteroatoms. The first-order chi connectivity index (χ1) is 8.37. The molecule has 0 aliphatic heterocycles. The minimum absolute atomic E-state index is 0.128. The Balaban J connectivity index is 5.02. The summed E-state index contributed by atoms with van der Waals surface area (Å²) < 4.78 is 10.5. The van der Waals surface area contributed by atoms with Crippen LogP contribution in [0.2, 0.25) is 0 Å². The third-order valence-corrected chi connectivity index (χ3v) is 2.81. The lowest BCUT2D eigenvalue weighted by Gasteiger charge is -2.27. The van der Waals surface area contributed by atoms with Crippen molar-refractivity contribution >= 4 is 27.9 Å². The molecule has 19 heavy (non-hydrogen) atoms. The van der Waals surface area contributed by atoms with Gasteiger partial charge in [0, 0.05) is 6.54 Å². The zero-order valence-electron chi connectivity index (χ0n) is 12.5. The number of carbonyl (C=O) groups is 2. The molecule has 112 valence electrons. The van der Waals surface area contributed by atoms with Crippen molar-refractivity contribution in [1.82, 2.24) is 0 Å². The summed E-state index contributed by atoms with van der Waals surface area (Å²) >= 11 is 3.23. The van der Waals surface area contributed by atoms with E-state index >= 15 is 0 Å². The molecule has 0 aromatic carbocycles. The van der Waals surface area contributed by atoms with E-state index in [0.717, 1.165) is 0 Å². The highest BCUT2D eigenvalue weighted by Gasteiger charge is 2.39. The number of esters is 2. The van der Waals surface area contributed by atoms with Crippen LogP contribution in [-0.4, -0.2) is 34.5 Å². The quantitative estimate of drug-likeness (QED) is 0.482. The molecule has 0 spiro atoms. The average Bonchev–Trinajstić information content (AvgIpc) is 2.11. The lowest BCUT2D eigenvalue weighted by atomic mass is 10.0. The smallest absolute Gasteiger partial charge is 0.322 e. The van der Waals surface area contributed by atoms with Crippen molar-refractivity contribution in [2.45, 2.75) is 57.6 Å². The van der Waals surface area contributed by atoms with Crippen LogP contribution in [0.4, 0.5) is 0 Å². The highest BCUT2D eigenvalue weighted by atomic mass is 79.9. The number of alkyl halides is 1. The van der Waals surface area contributed by atoms with Crippen LogP contribution in [0.3, 0.4) is 0 Å². The molecular formula is C13H24BrNO4. The summed E-state index contributed by atoms with van der Waals surface area (Å²) in [6.07, 6.45) is 0. The Hall–Kier alpha value is -0.620. The van der Waals surface area contributed by atoms with Crippen molar-refractivity contribution in [3.05, 3.63) is 0 Å². The van der Waals surface area contributed by atoms with E-state index in [-0.39, 0.29) is 6.54 Å². The summed E-state index contributed by atoms with van der Waals surface area (Å²) in [5, 5.41) is 0. The molecule has 0 aliphatic carbocycles. The molecule has 5 nitrogen and oxygen atoms in total. The molecule has 0 aliphatic rings. The maximum Gasteiger partial charge on any atom is 0.322 e. The number of hydrogen-bond acceptors (Lipinski definition) is 5. The van der Waals surface area contributed by atoms with Crippen LogP contribution >= 0.6 is 15.9 Å². The predicted molar refractivity (Wildman–Crippen MR) is 76.9 cm³/mol. The van der Waals surface area contributed by atoms with Gasteiger partial charge in [0.15, 0.2) is 5.92 Å². The van der Waals surface area contributed by atoms with Crippen LogP contribution in [0.25, 0.3) is 0 Å². The first-order valence-electron chi connectivity index (χ1n) is 6.17. The molecule has 0 fully saturated rings. The van der Waals surface area contributed by atoms with E-state index in [9.17, 15) is 9.59 Å². The van der Waals surface area contributed by atoms with Crippen molar-refractivity contribution < 1.29 is 19.1 Å². The second kappa shape index (κ2) is 6.70. The predicted octanol–water partition coefficient (Wildman–Crippen LogP) is 2.01. The summed E-state index contributed by atoms with van der Waals surface area (Å²) in [5.41, 5.74) is 4.18. The van der Waals surface area contributed by atoms with Gasteiger partial charge in [-0.15, -0.1) is 0 Å². The van der Waals surface area contributed by atoms with E-state index in [2.05, 4.69) is 15.9 Å². The summed E-state index contributed by atoms with van der Waals surface area (Å²) in [6, 6.07) is 0. The number of nitrogens with two attached hydrogens (primary N) is 1. The molecule has 0 rings (SSSR count). The molecule has 0 saturated heterocycles. The van der Waals surface area contributed by atoms with Crippen molar-refractivity contribution in [3.8, 4) is 0 Å². The molecule has 0 aromatic rings. The molecule has 0 radical (unpaired) electrons. The van der Waals surface area contributed by atoms with Gasteiger partial charge in [0.25, 0.3) is 0 Å². The molecule has 0 heterocycles. The van der Waals surface area contributed by atoms with Crippen LogP contribution in [0.5, 0.6) is 0 Å². The SMILES string of the molecule is CC(C)(C)OC(=O)C(C(=O)OC(C)(C)C)C(Br)CN. The molecule has 0 saturated carbocycles. The van der Waals surface area contributed by atoms with Crippen molar-refractivity contribution in [1.29, 1.82) is 0 Å². The number of carbonyl (C=O) groups excluding carboxylic acids is 2. The summed E-state index contributed by atoms with van der Waals surface area (Å²) in [6.45, 7) is 10.6. The average molecular weight is 338 g/mol. The second-order valence-corrected chi connectivity index (χ2v) is 7.47. The molecule has 1 unspecified atom stereocenters. The summed E-state index contributed by atoms with van der Waals surface area (Å²) in [7, 11) is 0. The number of rotatable bonds is 4. The van der Waals surface area contributed by atoms with Crippen LogP contribution in [0.1, 0.15) is 41.5 Å². The van der Waals surface area contributed by atoms with E-state index in [1.165, 1.54) is 0 Å². The minimum Gasteiger partial charge on any atom is -0.459 e. The van der Waals surface area contributed by atoms with Crippen LogP contribution in [0, 0.1) is 5.92 Å². The molecule has 0 bridgehead atoms. The van der Waals surface area contributed by atoms with Gasteiger partial charge in [0.05, 0.1) is 4.83 Å². The fourth-order valence-electron chi connectivity index (χ4n) is 1.26. The van der Waals surface area contributed by atoms with Gasteiger partial charge >= 0.3 is 11.9 Å². The van der Waals surface area contributed by atoms with Gasteiger partial charge in [-0.1, -0.05) is 15.9 Å². The highest BCUT2D eigenvalue weighted by Crippen LogP contribution is 2.22. The van der Waals surface area contributed by atoms with Gasteiger partial charge in [-0.05, 0) is 41.5 Å². The Labute approximate surface area is 123 Å². The molecule has 0 amide bonds. The zero-order chi connectivity index (χ0) is 15.4. The number of halogens is 1. The zero-order valence-corrected chi connectivity index (χ0v) is 14.0. The van der Waals surface area contributed by atoms with E-state index in [1.807, 2.05) is 0 Å². The van der Waals surface area contributed by atoms with Gasteiger partial charge < -0.3 is 15.2 Å². The normalized spacial score (nSPS) is 14.2. The maximum atomic E-state index is 12.1. The van der Waals surface area contributed by atoms with Gasteiger partial charge in [-0.2, -0.15) is 0 Å². The Morgan fingerprint density at radius 3 is 1.53 bits per heavy atom. The van der Waals surface area contributed by atoms with Crippen molar-refractivity contribution in [2.24, 2.45) is 11.7 Å². The number of ether oxygens (including phenoxy) is 2. The van der Waals surface area contributed by atoms with Crippen LogP contribution in [0.15, 0.2) is 0 Å². The molecule has 2 N–H and O–H groups in total. The Morgan fingerprint density at radius 1 is 1.00 bits per heavy atom. The van der Waals surface area contributed by atoms with Crippen molar-refractivity contribution in [2.75, 3.05) is 6.54 Å². The first-order valence-corrected chi connectivity index (χ1v) is 7.09. The Morgan fingerprint density at radius 2 is 1.32 bits per heavy atom. The summed E-state index contributed by atoms with van der Waals surface area (Å²) in [5.74, 6) is -2.33. The standard InChI is InChI=1S/C13H24BrNO4/c1-12(2,3)18-10(16)9(8(14)7-15)11(17)19-13(4,5)6/h8-9H,7,15H2,1-6H3. The van der Waals surface area contributed by atoms with Gasteiger partial charge in [-0.3, -0.25) is 9.59 Å². The summed E-state index contributed by atoms with van der Waals surface area (Å²) in [4.78, 5) is 23.6. The maximum absolute atomic E-state index is 12.1. The van der Waals surface area contributed by atoms with E-state index < -0.39 is 33.9 Å². The highest BCUT2D eigenvalue weighted by molar-refractivity contribution is 9.09. The second-order valence-electron chi connectivity index (χ2n) is 6.30. The molecule has 1 atom stereocenters. The van der Waals surface area contributed by atoms with Crippen LogP contribution in [-0.2, 0) is 19.1 Å². The van der Waals surface area contributed by atoms with Gasteiger partial charge in [0.2, 0.25) is 0 Å². The minimum atomic E-state index is -1.07.